The second-order valence-electron chi connectivity index (χ2n) is 6.13. The molecule has 0 aliphatic carbocycles. The number of phenolic OH excluding ortho intramolecular Hbond substituents is 1. The summed E-state index contributed by atoms with van der Waals surface area (Å²) in [5.74, 6) is -0.119. The van der Waals surface area contributed by atoms with Crippen molar-refractivity contribution in [2.24, 2.45) is 10.7 Å². The number of hydrogen-bond donors (Lipinski definition) is 2. The van der Waals surface area contributed by atoms with Gasteiger partial charge in [-0.3, -0.25) is 9.79 Å². The van der Waals surface area contributed by atoms with Gasteiger partial charge in [-0.15, -0.1) is 0 Å². The van der Waals surface area contributed by atoms with E-state index in [1.807, 2.05) is 12.1 Å². The van der Waals surface area contributed by atoms with E-state index in [1.54, 1.807) is 31.2 Å². The maximum absolute atomic E-state index is 10.8. The Kier molecular flexibility index (Phi) is 7.49. The van der Waals surface area contributed by atoms with E-state index in [2.05, 4.69) is 0 Å². The van der Waals surface area contributed by atoms with Gasteiger partial charge >= 0.3 is 0 Å². The number of unbranched alkanes of at least 4 members (excludes halogenated alkanes) is 2. The number of carbonyl (C=O) groups excluding carboxylic acids is 1. The Labute approximate surface area is 163 Å². The lowest BCUT2D eigenvalue weighted by molar-refractivity contribution is -0.118. The van der Waals surface area contributed by atoms with E-state index in [0.29, 0.717) is 39.8 Å². The smallest absolute Gasteiger partial charge is 0.217 e. The second kappa shape index (κ2) is 9.60. The maximum Gasteiger partial charge on any atom is 0.217 e. The fourth-order valence-electron chi connectivity index (χ4n) is 2.63. The molecular formula is C20H22Cl2N2O2. The first kappa shape index (κ1) is 20.3. The van der Waals surface area contributed by atoms with Gasteiger partial charge in [0, 0.05) is 34.1 Å². The number of aliphatic imine (C=N–C) groups is 1. The average Bonchev–Trinajstić information content (AvgIpc) is 2.58. The van der Waals surface area contributed by atoms with Crippen LogP contribution in [0.15, 0.2) is 41.4 Å². The van der Waals surface area contributed by atoms with E-state index >= 15 is 0 Å². The molecule has 0 saturated carbocycles. The standard InChI is InChI=1S/C20H22Cl2N2O2/c1-13-11-16(22)12-17(20(13)26)19(14-6-8-15(21)9-7-14)24-10-4-2-3-5-18(23)25/h6-9,11-12,26H,2-5,10H2,1H3,(H2,23,25)/b24-19+. The molecule has 0 saturated heterocycles. The fraction of sp³-hybridized carbons (Fsp3) is 0.300. The number of rotatable bonds is 8. The number of aromatic hydroxyl groups is 1. The zero-order valence-electron chi connectivity index (χ0n) is 14.6. The third-order valence-corrected chi connectivity index (χ3v) is 4.46. The Bertz CT molecular complexity index is 802. The van der Waals surface area contributed by atoms with Gasteiger partial charge in [-0.05, 0) is 49.6 Å². The molecule has 0 radical (unpaired) electrons. The molecule has 0 bridgehead atoms. The molecule has 4 nitrogen and oxygen atoms in total. The molecule has 0 atom stereocenters. The van der Waals surface area contributed by atoms with Crippen LogP contribution in [0.25, 0.3) is 0 Å². The predicted octanol–water partition coefficient (Wildman–Crippen LogP) is 4.89. The monoisotopic (exact) mass is 392 g/mol. The minimum Gasteiger partial charge on any atom is -0.507 e. The molecule has 6 heteroatoms. The SMILES string of the molecule is Cc1cc(Cl)cc(/C(=N/CCCCCC(N)=O)c2ccc(Cl)cc2)c1O. The summed E-state index contributed by atoms with van der Waals surface area (Å²) in [6.07, 6.45) is 2.83. The molecule has 0 aromatic heterocycles. The Balaban J connectivity index is 2.27. The van der Waals surface area contributed by atoms with Crippen molar-refractivity contribution in [3.05, 3.63) is 63.1 Å². The van der Waals surface area contributed by atoms with Gasteiger partial charge in [0.1, 0.15) is 5.75 Å². The summed E-state index contributed by atoms with van der Waals surface area (Å²) in [6, 6.07) is 10.7. The summed E-state index contributed by atoms with van der Waals surface area (Å²) >= 11 is 12.2. The quantitative estimate of drug-likeness (QED) is 0.495. The third kappa shape index (κ3) is 5.75. The summed E-state index contributed by atoms with van der Waals surface area (Å²) in [5, 5.41) is 11.7. The zero-order valence-corrected chi connectivity index (χ0v) is 16.1. The van der Waals surface area contributed by atoms with Gasteiger partial charge in [0.2, 0.25) is 5.91 Å². The number of amides is 1. The van der Waals surface area contributed by atoms with Crippen LogP contribution in [0.4, 0.5) is 0 Å². The summed E-state index contributed by atoms with van der Waals surface area (Å²) in [4.78, 5) is 15.5. The number of phenols is 1. The molecule has 2 aromatic rings. The number of hydrogen-bond acceptors (Lipinski definition) is 3. The van der Waals surface area contributed by atoms with Crippen LogP contribution in [0.3, 0.4) is 0 Å². The largest absolute Gasteiger partial charge is 0.507 e. The first-order valence-corrected chi connectivity index (χ1v) is 9.22. The van der Waals surface area contributed by atoms with Gasteiger partial charge in [0.05, 0.1) is 5.71 Å². The normalized spacial score (nSPS) is 11.6. The molecule has 138 valence electrons. The number of carbonyl (C=O) groups is 1. The Morgan fingerprint density at radius 2 is 1.77 bits per heavy atom. The molecule has 3 N–H and O–H groups in total. The lowest BCUT2D eigenvalue weighted by Gasteiger charge is -2.12. The molecule has 0 aliphatic heterocycles. The van der Waals surface area contributed by atoms with Crippen LogP contribution >= 0.6 is 23.2 Å². The summed E-state index contributed by atoms with van der Waals surface area (Å²) < 4.78 is 0. The number of nitrogens with zero attached hydrogens (tertiary/aromatic N) is 1. The van der Waals surface area contributed by atoms with Crippen LogP contribution in [0.2, 0.25) is 10.0 Å². The first-order valence-electron chi connectivity index (χ1n) is 8.46. The Hall–Kier alpha value is -2.04. The van der Waals surface area contributed by atoms with E-state index in [-0.39, 0.29) is 11.7 Å². The van der Waals surface area contributed by atoms with E-state index in [9.17, 15) is 9.90 Å². The van der Waals surface area contributed by atoms with Crippen LogP contribution in [0, 0.1) is 6.92 Å². The lowest BCUT2D eigenvalue weighted by atomic mass is 9.99. The highest BCUT2D eigenvalue weighted by atomic mass is 35.5. The minimum absolute atomic E-state index is 0.164. The van der Waals surface area contributed by atoms with Crippen LogP contribution in [0.1, 0.15) is 42.4 Å². The topological polar surface area (TPSA) is 75.7 Å². The first-order chi connectivity index (χ1) is 12.4. The van der Waals surface area contributed by atoms with Gasteiger partial charge in [-0.1, -0.05) is 41.8 Å². The molecule has 2 rings (SSSR count). The summed E-state index contributed by atoms with van der Waals surface area (Å²) in [6.45, 7) is 2.37. The number of benzene rings is 2. The van der Waals surface area contributed by atoms with Gasteiger partial charge in [-0.2, -0.15) is 0 Å². The highest BCUT2D eigenvalue weighted by Gasteiger charge is 2.14. The summed E-state index contributed by atoms with van der Waals surface area (Å²) in [7, 11) is 0. The zero-order chi connectivity index (χ0) is 19.1. The molecule has 0 unspecified atom stereocenters. The maximum atomic E-state index is 10.8. The number of aryl methyl sites for hydroxylation is 1. The van der Waals surface area contributed by atoms with Crippen LogP contribution < -0.4 is 5.73 Å². The van der Waals surface area contributed by atoms with Crippen molar-refractivity contribution in [2.45, 2.75) is 32.6 Å². The van der Waals surface area contributed by atoms with Gasteiger partial charge in [0.15, 0.2) is 0 Å². The highest BCUT2D eigenvalue weighted by Crippen LogP contribution is 2.29. The fourth-order valence-corrected chi connectivity index (χ4v) is 3.03. The van der Waals surface area contributed by atoms with Crippen LogP contribution in [-0.4, -0.2) is 23.3 Å². The average molecular weight is 393 g/mol. The van der Waals surface area contributed by atoms with Crippen molar-refractivity contribution >= 4 is 34.8 Å². The molecule has 0 aliphatic rings. The summed E-state index contributed by atoms with van der Waals surface area (Å²) in [5.41, 5.74) is 7.95. The van der Waals surface area contributed by atoms with Crippen molar-refractivity contribution in [1.82, 2.24) is 0 Å². The van der Waals surface area contributed by atoms with Crippen molar-refractivity contribution in [3.63, 3.8) is 0 Å². The third-order valence-electron chi connectivity index (χ3n) is 3.99. The molecule has 0 fully saturated rings. The second-order valence-corrected chi connectivity index (χ2v) is 7.01. The highest BCUT2D eigenvalue weighted by molar-refractivity contribution is 6.32. The molecular weight excluding hydrogens is 371 g/mol. The van der Waals surface area contributed by atoms with Crippen LogP contribution in [-0.2, 0) is 4.79 Å². The Morgan fingerprint density at radius 3 is 2.42 bits per heavy atom. The van der Waals surface area contributed by atoms with E-state index < -0.39 is 0 Å². The number of halogens is 2. The molecule has 1 amide bonds. The van der Waals surface area contributed by atoms with Crippen molar-refractivity contribution in [3.8, 4) is 5.75 Å². The van der Waals surface area contributed by atoms with E-state index in [0.717, 1.165) is 24.8 Å². The number of nitrogens with two attached hydrogens (primary N) is 1. The predicted molar refractivity (Wildman–Crippen MR) is 107 cm³/mol. The van der Waals surface area contributed by atoms with E-state index in [4.69, 9.17) is 33.9 Å². The molecule has 26 heavy (non-hydrogen) atoms. The van der Waals surface area contributed by atoms with Crippen molar-refractivity contribution in [2.75, 3.05) is 6.54 Å². The molecule has 0 heterocycles. The van der Waals surface area contributed by atoms with Gasteiger partial charge in [0.25, 0.3) is 0 Å². The Morgan fingerprint density at radius 1 is 1.08 bits per heavy atom. The van der Waals surface area contributed by atoms with Crippen LogP contribution in [0.5, 0.6) is 5.75 Å². The van der Waals surface area contributed by atoms with Gasteiger partial charge < -0.3 is 10.8 Å². The van der Waals surface area contributed by atoms with Crippen molar-refractivity contribution in [1.29, 1.82) is 0 Å². The number of primary amides is 1. The van der Waals surface area contributed by atoms with Crippen molar-refractivity contribution < 1.29 is 9.90 Å². The van der Waals surface area contributed by atoms with E-state index in [1.165, 1.54) is 0 Å². The lowest BCUT2D eigenvalue weighted by Crippen LogP contribution is -2.09. The minimum atomic E-state index is -0.283. The molecule has 2 aromatic carbocycles. The van der Waals surface area contributed by atoms with Gasteiger partial charge in [-0.25, -0.2) is 0 Å². The molecule has 0 spiro atoms.